The molecule has 0 bridgehead atoms. The Morgan fingerprint density at radius 3 is 2.49 bits per heavy atom. The summed E-state index contributed by atoms with van der Waals surface area (Å²) in [6.45, 7) is 2.29. The first-order chi connectivity index (χ1) is 16.7. The van der Waals surface area contributed by atoms with Crippen molar-refractivity contribution in [2.24, 2.45) is 0 Å². The van der Waals surface area contributed by atoms with Crippen molar-refractivity contribution < 1.29 is 27.8 Å². The summed E-state index contributed by atoms with van der Waals surface area (Å²) in [6.07, 6.45) is 1.60. The van der Waals surface area contributed by atoms with Gasteiger partial charge in [-0.2, -0.15) is 8.78 Å². The Kier molecular flexibility index (Phi) is 7.00. The summed E-state index contributed by atoms with van der Waals surface area (Å²) in [5.74, 6) is -0.697. The molecule has 1 unspecified atom stereocenters. The lowest BCUT2D eigenvalue weighted by Gasteiger charge is -2.14. The predicted octanol–water partition coefficient (Wildman–Crippen LogP) is 5.92. The van der Waals surface area contributed by atoms with E-state index in [0.717, 1.165) is 22.2 Å². The lowest BCUT2D eigenvalue weighted by atomic mass is 10.1. The van der Waals surface area contributed by atoms with Gasteiger partial charge in [0.1, 0.15) is 5.75 Å². The molecule has 2 aromatic heterocycles. The van der Waals surface area contributed by atoms with Gasteiger partial charge in [-0.05, 0) is 69.2 Å². The maximum Gasteiger partial charge on any atom is 0.387 e. The Morgan fingerprint density at radius 1 is 1.06 bits per heavy atom. The fraction of sp³-hybridized carbons (Fsp3) is 0.259. The third-order valence-corrected chi connectivity index (χ3v) is 5.97. The van der Waals surface area contributed by atoms with Crippen molar-refractivity contribution in [3.8, 4) is 11.4 Å². The smallest absolute Gasteiger partial charge is 0.387 e. The van der Waals surface area contributed by atoms with E-state index in [-0.39, 0.29) is 18.0 Å². The third-order valence-electron chi connectivity index (χ3n) is 5.97. The molecule has 0 saturated heterocycles. The number of aromatic amines is 1. The second kappa shape index (κ2) is 10.1. The molecule has 182 valence electrons. The van der Waals surface area contributed by atoms with E-state index in [0.29, 0.717) is 23.4 Å². The summed E-state index contributed by atoms with van der Waals surface area (Å²) in [5.41, 5.74) is 4.61. The first-order valence-corrected chi connectivity index (χ1v) is 11.3. The SMILES string of the molecule is Cc1cc(C(=O)C(C)OC(=O)CCc2c[nH]c3ccccc23)c(C)n1-c1ccc(OC(F)F)cc1. The molecule has 0 aliphatic heterocycles. The van der Waals surface area contributed by atoms with Gasteiger partial charge in [-0.25, -0.2) is 0 Å². The molecular weight excluding hydrogens is 454 g/mol. The average Bonchev–Trinajstić information content (AvgIpc) is 3.37. The molecule has 2 heterocycles. The zero-order valence-electron chi connectivity index (χ0n) is 19.7. The minimum Gasteiger partial charge on any atom is -0.454 e. The number of fused-ring (bicyclic) bond motifs is 1. The number of esters is 1. The van der Waals surface area contributed by atoms with Crippen LogP contribution >= 0.6 is 0 Å². The van der Waals surface area contributed by atoms with E-state index in [1.54, 1.807) is 32.0 Å². The summed E-state index contributed by atoms with van der Waals surface area (Å²) >= 11 is 0. The van der Waals surface area contributed by atoms with Crippen molar-refractivity contribution in [1.82, 2.24) is 9.55 Å². The van der Waals surface area contributed by atoms with Gasteiger partial charge >= 0.3 is 12.6 Å². The van der Waals surface area contributed by atoms with E-state index in [2.05, 4.69) is 9.72 Å². The number of para-hydroxylation sites is 1. The van der Waals surface area contributed by atoms with Crippen molar-refractivity contribution >= 4 is 22.7 Å². The lowest BCUT2D eigenvalue weighted by Crippen LogP contribution is -2.25. The second-order valence-corrected chi connectivity index (χ2v) is 8.35. The molecule has 6 nitrogen and oxygen atoms in total. The van der Waals surface area contributed by atoms with E-state index in [4.69, 9.17) is 4.74 Å². The van der Waals surface area contributed by atoms with Gasteiger partial charge in [0, 0.05) is 46.2 Å². The number of carbonyl (C=O) groups excluding carboxylic acids is 2. The van der Waals surface area contributed by atoms with Crippen LogP contribution in [0.1, 0.15) is 40.7 Å². The maximum atomic E-state index is 13.1. The number of rotatable bonds is 9. The Bertz CT molecular complexity index is 1360. The van der Waals surface area contributed by atoms with Crippen molar-refractivity contribution in [2.75, 3.05) is 0 Å². The number of hydrogen-bond acceptors (Lipinski definition) is 4. The molecule has 1 N–H and O–H groups in total. The Morgan fingerprint density at radius 2 is 1.77 bits per heavy atom. The Labute approximate surface area is 201 Å². The molecule has 1 atom stereocenters. The van der Waals surface area contributed by atoms with E-state index >= 15 is 0 Å². The highest BCUT2D eigenvalue weighted by Crippen LogP contribution is 2.25. The summed E-state index contributed by atoms with van der Waals surface area (Å²) in [6, 6.07) is 15.8. The predicted molar refractivity (Wildman–Crippen MR) is 128 cm³/mol. The number of carbonyl (C=O) groups is 2. The zero-order chi connectivity index (χ0) is 25.1. The normalized spacial score (nSPS) is 12.2. The van der Waals surface area contributed by atoms with Crippen LogP contribution in [-0.4, -0.2) is 34.0 Å². The summed E-state index contributed by atoms with van der Waals surface area (Å²) in [4.78, 5) is 28.7. The van der Waals surface area contributed by atoms with Crippen LogP contribution in [0.5, 0.6) is 5.75 Å². The quantitative estimate of drug-likeness (QED) is 0.238. The van der Waals surface area contributed by atoms with Crippen LogP contribution in [0.2, 0.25) is 0 Å². The van der Waals surface area contributed by atoms with Crippen molar-refractivity contribution in [1.29, 1.82) is 0 Å². The van der Waals surface area contributed by atoms with Crippen molar-refractivity contribution in [3.63, 3.8) is 0 Å². The number of Topliss-reactive ketones (excluding diaryl/α,β-unsaturated/α-hetero) is 1. The van der Waals surface area contributed by atoms with Crippen molar-refractivity contribution in [2.45, 2.75) is 46.3 Å². The molecule has 0 amide bonds. The number of alkyl halides is 2. The monoisotopic (exact) mass is 480 g/mol. The van der Waals surface area contributed by atoms with Crippen LogP contribution in [0.3, 0.4) is 0 Å². The number of H-pyrrole nitrogens is 1. The Balaban J connectivity index is 1.41. The van der Waals surface area contributed by atoms with Crippen LogP contribution in [0.25, 0.3) is 16.6 Å². The van der Waals surface area contributed by atoms with Crippen LogP contribution in [-0.2, 0) is 16.0 Å². The highest BCUT2D eigenvalue weighted by Gasteiger charge is 2.24. The number of hydrogen-bond donors (Lipinski definition) is 1. The minimum atomic E-state index is -2.90. The molecule has 0 radical (unpaired) electrons. The minimum absolute atomic E-state index is 0.0516. The van der Waals surface area contributed by atoms with Crippen LogP contribution < -0.4 is 4.74 Å². The molecule has 0 spiro atoms. The molecule has 4 rings (SSSR count). The molecule has 8 heteroatoms. The molecule has 0 aliphatic carbocycles. The molecule has 0 aliphatic rings. The highest BCUT2D eigenvalue weighted by atomic mass is 19.3. The second-order valence-electron chi connectivity index (χ2n) is 8.35. The van der Waals surface area contributed by atoms with E-state index in [1.807, 2.05) is 42.0 Å². The van der Waals surface area contributed by atoms with Gasteiger partial charge in [-0.1, -0.05) is 18.2 Å². The number of halogens is 2. The maximum absolute atomic E-state index is 13.1. The standard InChI is InChI=1S/C27H26F2N2O4/c1-16-14-23(17(2)31(16)20-9-11-21(12-10-20)35-27(28)29)26(33)18(3)34-25(32)13-8-19-15-30-24-7-5-4-6-22(19)24/h4-7,9-12,14-15,18,27,30H,8,13H2,1-3H3. The van der Waals surface area contributed by atoms with Crippen LogP contribution in [0.4, 0.5) is 8.78 Å². The molecule has 0 fully saturated rings. The van der Waals surface area contributed by atoms with Gasteiger partial charge in [0.2, 0.25) is 5.78 Å². The fourth-order valence-corrected chi connectivity index (χ4v) is 4.29. The number of nitrogens with zero attached hydrogens (tertiary/aromatic N) is 1. The molecule has 0 saturated carbocycles. The number of aromatic nitrogens is 2. The number of benzene rings is 2. The zero-order valence-corrected chi connectivity index (χ0v) is 19.7. The van der Waals surface area contributed by atoms with Crippen molar-refractivity contribution in [3.05, 3.63) is 83.3 Å². The first kappa shape index (κ1) is 24.2. The van der Waals surface area contributed by atoms with E-state index in [1.165, 1.54) is 12.1 Å². The van der Waals surface area contributed by atoms with Gasteiger partial charge in [0.25, 0.3) is 0 Å². The molecule has 35 heavy (non-hydrogen) atoms. The molecule has 4 aromatic rings. The highest BCUT2D eigenvalue weighted by molar-refractivity contribution is 6.01. The van der Waals surface area contributed by atoms with E-state index in [9.17, 15) is 18.4 Å². The van der Waals surface area contributed by atoms with Gasteiger partial charge in [-0.3, -0.25) is 9.59 Å². The van der Waals surface area contributed by atoms with Crippen LogP contribution in [0, 0.1) is 13.8 Å². The number of nitrogens with one attached hydrogen (secondary N) is 1. The number of aryl methyl sites for hydroxylation is 2. The topological polar surface area (TPSA) is 73.3 Å². The first-order valence-electron chi connectivity index (χ1n) is 11.3. The van der Waals surface area contributed by atoms with Gasteiger partial charge < -0.3 is 19.0 Å². The number of ether oxygens (including phenoxy) is 2. The van der Waals surface area contributed by atoms with Crippen LogP contribution in [0.15, 0.2) is 60.8 Å². The summed E-state index contributed by atoms with van der Waals surface area (Å²) in [5, 5.41) is 1.06. The van der Waals surface area contributed by atoms with Gasteiger partial charge in [-0.15, -0.1) is 0 Å². The fourth-order valence-electron chi connectivity index (χ4n) is 4.29. The Hall–Kier alpha value is -3.94. The summed E-state index contributed by atoms with van der Waals surface area (Å²) in [7, 11) is 0. The molecular formula is C27H26F2N2O4. The lowest BCUT2D eigenvalue weighted by molar-refractivity contribution is -0.146. The summed E-state index contributed by atoms with van der Waals surface area (Å²) < 4.78 is 36.5. The number of ketones is 1. The molecule has 2 aromatic carbocycles. The largest absolute Gasteiger partial charge is 0.454 e. The van der Waals surface area contributed by atoms with Gasteiger partial charge in [0.05, 0.1) is 0 Å². The van der Waals surface area contributed by atoms with Gasteiger partial charge in [0.15, 0.2) is 6.10 Å². The average molecular weight is 481 g/mol. The van der Waals surface area contributed by atoms with E-state index < -0.39 is 18.7 Å². The third kappa shape index (κ3) is 5.26.